The summed E-state index contributed by atoms with van der Waals surface area (Å²) in [5.41, 5.74) is 1.59. The summed E-state index contributed by atoms with van der Waals surface area (Å²) < 4.78 is 11.0. The molecule has 2 atom stereocenters. The molecule has 0 fully saturated rings. The van der Waals surface area contributed by atoms with E-state index in [1.165, 1.54) is 6.07 Å². The van der Waals surface area contributed by atoms with Gasteiger partial charge in [0.2, 0.25) is 0 Å². The Morgan fingerprint density at radius 1 is 1.28 bits per heavy atom. The molecule has 0 aliphatic carbocycles. The summed E-state index contributed by atoms with van der Waals surface area (Å²) in [6, 6.07) is 4.12. The third-order valence-electron chi connectivity index (χ3n) is 5.15. The van der Waals surface area contributed by atoms with Crippen molar-refractivity contribution in [3.05, 3.63) is 39.7 Å². The highest BCUT2D eigenvalue weighted by Gasteiger charge is 2.25. The summed E-state index contributed by atoms with van der Waals surface area (Å²) in [4.78, 5) is 35.5. The molecule has 0 radical (unpaired) electrons. The zero-order valence-corrected chi connectivity index (χ0v) is 17.4. The van der Waals surface area contributed by atoms with Gasteiger partial charge in [0.05, 0.1) is 0 Å². The van der Waals surface area contributed by atoms with Crippen molar-refractivity contribution in [2.24, 2.45) is 5.92 Å². The fraction of sp³-hybridized carbons (Fsp3) is 0.500. The molecule has 1 heterocycles. The second kappa shape index (κ2) is 10.1. The molecule has 7 heteroatoms. The molecule has 0 saturated carbocycles. The maximum absolute atomic E-state index is 12.2. The quantitative estimate of drug-likeness (QED) is 0.589. The maximum Gasteiger partial charge on any atom is 0.336 e. The third-order valence-corrected chi connectivity index (χ3v) is 5.15. The molecule has 2 N–H and O–H groups in total. The fourth-order valence-corrected chi connectivity index (χ4v) is 3.18. The number of benzene rings is 1. The van der Waals surface area contributed by atoms with Crippen molar-refractivity contribution in [2.75, 3.05) is 6.61 Å². The average molecular weight is 403 g/mol. The van der Waals surface area contributed by atoms with Crippen LogP contribution >= 0.6 is 0 Å². The number of fused-ring (bicyclic) bond motifs is 1. The lowest BCUT2D eigenvalue weighted by Crippen LogP contribution is -2.46. The van der Waals surface area contributed by atoms with Crippen LogP contribution in [0, 0.1) is 12.8 Å². The van der Waals surface area contributed by atoms with Crippen molar-refractivity contribution in [3.8, 4) is 5.75 Å². The number of hydrogen-bond donors (Lipinski definition) is 2. The number of carbonyl (C=O) groups is 2. The number of ether oxygens (including phenoxy) is 1. The number of rotatable bonds is 10. The Bertz CT molecular complexity index is 933. The molecule has 158 valence electrons. The smallest absolute Gasteiger partial charge is 0.336 e. The second-order valence-corrected chi connectivity index (χ2v) is 7.32. The molecule has 7 nitrogen and oxygen atoms in total. The number of aryl methyl sites for hydroxylation is 2. The normalized spacial score (nSPS) is 13.1. The Hall–Kier alpha value is -2.83. The van der Waals surface area contributed by atoms with E-state index in [9.17, 15) is 19.5 Å². The van der Waals surface area contributed by atoms with Gasteiger partial charge in [0.25, 0.3) is 5.91 Å². The molecule has 0 spiro atoms. The molecule has 1 aromatic heterocycles. The Morgan fingerprint density at radius 3 is 2.62 bits per heavy atom. The minimum Gasteiger partial charge on any atom is -0.483 e. The van der Waals surface area contributed by atoms with Crippen LogP contribution in [0.2, 0.25) is 0 Å². The molecular weight excluding hydrogens is 374 g/mol. The summed E-state index contributed by atoms with van der Waals surface area (Å²) >= 11 is 0. The van der Waals surface area contributed by atoms with Gasteiger partial charge in [-0.05, 0) is 43.4 Å². The van der Waals surface area contributed by atoms with Crippen molar-refractivity contribution < 1.29 is 23.8 Å². The molecule has 0 unspecified atom stereocenters. The van der Waals surface area contributed by atoms with Crippen LogP contribution in [-0.2, 0) is 16.0 Å². The van der Waals surface area contributed by atoms with Gasteiger partial charge >= 0.3 is 11.6 Å². The lowest BCUT2D eigenvalue weighted by Gasteiger charge is -2.20. The predicted molar refractivity (Wildman–Crippen MR) is 110 cm³/mol. The lowest BCUT2D eigenvalue weighted by atomic mass is 9.99. The largest absolute Gasteiger partial charge is 0.483 e. The summed E-state index contributed by atoms with van der Waals surface area (Å²) in [6.07, 6.45) is 3.40. The van der Waals surface area contributed by atoms with Crippen molar-refractivity contribution >= 4 is 22.8 Å². The monoisotopic (exact) mass is 403 g/mol. The van der Waals surface area contributed by atoms with E-state index in [2.05, 4.69) is 12.2 Å². The summed E-state index contributed by atoms with van der Waals surface area (Å²) in [5.74, 6) is -1.38. The highest BCUT2D eigenvalue weighted by Crippen LogP contribution is 2.29. The minimum absolute atomic E-state index is 0.199. The summed E-state index contributed by atoms with van der Waals surface area (Å²) in [5, 5.41) is 12.6. The minimum atomic E-state index is -1.07. The zero-order chi connectivity index (χ0) is 21.6. The number of nitrogens with one attached hydrogen (secondary N) is 1. The Labute approximate surface area is 170 Å². The van der Waals surface area contributed by atoms with Crippen LogP contribution in [-0.4, -0.2) is 29.6 Å². The van der Waals surface area contributed by atoms with Gasteiger partial charge in [0.1, 0.15) is 17.4 Å². The van der Waals surface area contributed by atoms with E-state index in [4.69, 9.17) is 9.15 Å². The third kappa shape index (κ3) is 5.59. The van der Waals surface area contributed by atoms with Gasteiger partial charge < -0.3 is 19.6 Å². The van der Waals surface area contributed by atoms with Gasteiger partial charge in [0, 0.05) is 17.0 Å². The number of carboxylic acids is 1. The van der Waals surface area contributed by atoms with E-state index < -0.39 is 23.5 Å². The van der Waals surface area contributed by atoms with Crippen LogP contribution in [0.1, 0.15) is 51.2 Å². The number of carbonyl (C=O) groups excluding carboxylic acids is 1. The van der Waals surface area contributed by atoms with E-state index in [1.807, 2.05) is 13.0 Å². The molecule has 1 aromatic carbocycles. The molecule has 0 aliphatic heterocycles. The predicted octanol–water partition coefficient (Wildman–Crippen LogP) is 3.44. The van der Waals surface area contributed by atoms with Crippen LogP contribution in [0.4, 0.5) is 0 Å². The summed E-state index contributed by atoms with van der Waals surface area (Å²) in [6.45, 7) is 7.16. The van der Waals surface area contributed by atoms with Crippen molar-refractivity contribution in [2.45, 2.75) is 59.4 Å². The van der Waals surface area contributed by atoms with Gasteiger partial charge in [0.15, 0.2) is 6.61 Å². The topological polar surface area (TPSA) is 106 Å². The van der Waals surface area contributed by atoms with Crippen molar-refractivity contribution in [1.29, 1.82) is 0 Å². The first-order valence-electron chi connectivity index (χ1n) is 9.99. The highest BCUT2D eigenvalue weighted by atomic mass is 16.5. The number of carboxylic acid groups (broad SMARTS) is 1. The van der Waals surface area contributed by atoms with E-state index in [0.717, 1.165) is 30.2 Å². The maximum atomic E-state index is 12.2. The number of unbranched alkanes of at least 4 members (excludes halogenated alkanes) is 1. The van der Waals surface area contributed by atoms with Crippen LogP contribution in [0.25, 0.3) is 11.0 Å². The van der Waals surface area contributed by atoms with Gasteiger partial charge in [-0.1, -0.05) is 33.6 Å². The Morgan fingerprint density at radius 2 is 2.00 bits per heavy atom. The summed E-state index contributed by atoms with van der Waals surface area (Å²) in [7, 11) is 0. The van der Waals surface area contributed by atoms with Gasteiger partial charge in [-0.25, -0.2) is 9.59 Å². The van der Waals surface area contributed by atoms with E-state index in [-0.39, 0.29) is 12.5 Å². The molecular formula is C22H29NO6. The molecule has 0 saturated heterocycles. The first-order chi connectivity index (χ1) is 13.8. The molecule has 2 aromatic rings. The zero-order valence-electron chi connectivity index (χ0n) is 17.4. The molecule has 1 amide bonds. The fourth-order valence-electron chi connectivity index (χ4n) is 3.18. The SMILES string of the molecule is CCCCc1cc(=O)oc2c(C)c(OCC(=O)N[C@H](C(=O)O)[C@@H](C)CC)ccc12. The van der Waals surface area contributed by atoms with E-state index in [0.29, 0.717) is 23.3 Å². The number of hydrogen-bond acceptors (Lipinski definition) is 5. The van der Waals surface area contributed by atoms with Gasteiger partial charge in [-0.15, -0.1) is 0 Å². The average Bonchev–Trinajstić information content (AvgIpc) is 2.69. The molecule has 2 rings (SSSR count). The second-order valence-electron chi connectivity index (χ2n) is 7.32. The standard InChI is InChI=1S/C22H29NO6/c1-5-7-8-15-11-19(25)29-21-14(4)17(10-9-16(15)21)28-12-18(24)23-20(22(26)27)13(3)6-2/h9-11,13,20H,5-8,12H2,1-4H3,(H,23,24)(H,26,27)/t13-,20-/m0/s1. The van der Waals surface area contributed by atoms with E-state index >= 15 is 0 Å². The van der Waals surface area contributed by atoms with E-state index in [1.54, 1.807) is 19.9 Å². The molecule has 0 bridgehead atoms. The van der Waals surface area contributed by atoms with Crippen LogP contribution < -0.4 is 15.7 Å². The molecule has 0 aliphatic rings. The first-order valence-corrected chi connectivity index (χ1v) is 9.99. The Kier molecular flexibility index (Phi) is 7.82. The van der Waals surface area contributed by atoms with Crippen LogP contribution in [0.3, 0.4) is 0 Å². The Balaban J connectivity index is 2.18. The first kappa shape index (κ1) is 22.5. The highest BCUT2D eigenvalue weighted by molar-refractivity contribution is 5.86. The van der Waals surface area contributed by atoms with Crippen molar-refractivity contribution in [3.63, 3.8) is 0 Å². The number of aliphatic carboxylic acids is 1. The van der Waals surface area contributed by atoms with Crippen LogP contribution in [0.5, 0.6) is 5.75 Å². The van der Waals surface area contributed by atoms with Crippen LogP contribution in [0.15, 0.2) is 27.4 Å². The molecule has 29 heavy (non-hydrogen) atoms. The lowest BCUT2D eigenvalue weighted by molar-refractivity contribution is -0.143. The van der Waals surface area contributed by atoms with Gasteiger partial charge in [-0.2, -0.15) is 0 Å². The number of amides is 1. The van der Waals surface area contributed by atoms with Gasteiger partial charge in [-0.3, -0.25) is 4.79 Å². The van der Waals surface area contributed by atoms with Crippen molar-refractivity contribution in [1.82, 2.24) is 5.32 Å².